The lowest BCUT2D eigenvalue weighted by Gasteiger charge is -2.29. The highest BCUT2D eigenvalue weighted by atomic mass is 32.2. The van der Waals surface area contributed by atoms with Crippen molar-refractivity contribution in [3.63, 3.8) is 0 Å². The maximum atomic E-state index is 12.2. The van der Waals surface area contributed by atoms with E-state index < -0.39 is 21.9 Å². The summed E-state index contributed by atoms with van der Waals surface area (Å²) in [6.07, 6.45) is 2.09. The van der Waals surface area contributed by atoms with Crippen LogP contribution in [0.25, 0.3) is 0 Å². The standard InChI is InChI=1S/C12H25NO4S/c1-5-7-8-18(16,17)13(11(4)6-2)9-10(3)12(14)15/h10-11H,5-9H2,1-4H3,(H,14,15). The van der Waals surface area contributed by atoms with E-state index in [1.807, 2.05) is 20.8 Å². The van der Waals surface area contributed by atoms with Crippen molar-refractivity contribution in [1.82, 2.24) is 4.31 Å². The van der Waals surface area contributed by atoms with Crippen molar-refractivity contribution < 1.29 is 18.3 Å². The Kier molecular flexibility index (Phi) is 7.47. The van der Waals surface area contributed by atoms with Crippen molar-refractivity contribution in [3.05, 3.63) is 0 Å². The summed E-state index contributed by atoms with van der Waals surface area (Å²) < 4.78 is 25.7. The minimum atomic E-state index is -3.35. The first-order valence-electron chi connectivity index (χ1n) is 6.48. The van der Waals surface area contributed by atoms with E-state index in [0.717, 1.165) is 6.42 Å². The van der Waals surface area contributed by atoms with Gasteiger partial charge in [-0.15, -0.1) is 0 Å². The number of nitrogens with zero attached hydrogens (tertiary/aromatic N) is 1. The van der Waals surface area contributed by atoms with Crippen LogP contribution in [0.5, 0.6) is 0 Å². The molecule has 0 fully saturated rings. The summed E-state index contributed by atoms with van der Waals surface area (Å²) in [6, 6.07) is -0.159. The molecule has 6 heteroatoms. The van der Waals surface area contributed by atoms with Crippen LogP contribution in [-0.4, -0.2) is 42.1 Å². The van der Waals surface area contributed by atoms with Crippen LogP contribution >= 0.6 is 0 Å². The van der Waals surface area contributed by atoms with Crippen molar-refractivity contribution in [1.29, 1.82) is 0 Å². The van der Waals surface area contributed by atoms with Gasteiger partial charge in [0.1, 0.15) is 0 Å². The van der Waals surface area contributed by atoms with Crippen LogP contribution in [0, 0.1) is 5.92 Å². The Morgan fingerprint density at radius 3 is 2.22 bits per heavy atom. The maximum absolute atomic E-state index is 12.2. The molecule has 0 aromatic rings. The largest absolute Gasteiger partial charge is 0.481 e. The van der Waals surface area contributed by atoms with Crippen molar-refractivity contribution in [2.75, 3.05) is 12.3 Å². The molecule has 0 rings (SSSR count). The van der Waals surface area contributed by atoms with Crippen LogP contribution in [0.3, 0.4) is 0 Å². The molecule has 2 unspecified atom stereocenters. The number of rotatable bonds is 9. The molecular formula is C12H25NO4S. The molecule has 0 spiro atoms. The normalized spacial score (nSPS) is 15.6. The van der Waals surface area contributed by atoms with Crippen LogP contribution in [0.4, 0.5) is 0 Å². The lowest BCUT2D eigenvalue weighted by atomic mass is 10.1. The van der Waals surface area contributed by atoms with Gasteiger partial charge in [0.05, 0.1) is 11.7 Å². The van der Waals surface area contributed by atoms with Crippen molar-refractivity contribution >= 4 is 16.0 Å². The summed E-state index contributed by atoms with van der Waals surface area (Å²) in [6.45, 7) is 7.24. The minimum Gasteiger partial charge on any atom is -0.481 e. The van der Waals surface area contributed by atoms with Crippen LogP contribution < -0.4 is 0 Å². The zero-order valence-electron chi connectivity index (χ0n) is 11.7. The molecule has 0 amide bonds. The molecule has 1 N–H and O–H groups in total. The lowest BCUT2D eigenvalue weighted by Crippen LogP contribution is -2.43. The van der Waals surface area contributed by atoms with E-state index in [-0.39, 0.29) is 18.3 Å². The molecule has 0 aliphatic heterocycles. The Bertz CT molecular complexity index is 353. The molecule has 5 nitrogen and oxygen atoms in total. The van der Waals surface area contributed by atoms with Gasteiger partial charge in [-0.25, -0.2) is 8.42 Å². The molecular weight excluding hydrogens is 254 g/mol. The van der Waals surface area contributed by atoms with Gasteiger partial charge in [0.2, 0.25) is 10.0 Å². The van der Waals surface area contributed by atoms with E-state index in [0.29, 0.717) is 12.8 Å². The summed E-state index contributed by atoms with van der Waals surface area (Å²) >= 11 is 0. The molecule has 2 atom stereocenters. The Labute approximate surface area is 110 Å². The molecule has 0 saturated heterocycles. The average molecular weight is 279 g/mol. The van der Waals surface area contributed by atoms with Gasteiger partial charge in [-0.3, -0.25) is 4.79 Å². The summed E-state index contributed by atoms with van der Waals surface area (Å²) in [5.74, 6) is -1.55. The molecule has 0 radical (unpaired) electrons. The minimum absolute atomic E-state index is 0.0520. The van der Waals surface area contributed by atoms with Gasteiger partial charge in [-0.2, -0.15) is 4.31 Å². The third-order valence-electron chi connectivity index (χ3n) is 3.07. The molecule has 0 aromatic heterocycles. The number of hydrogen-bond acceptors (Lipinski definition) is 3. The Hall–Kier alpha value is -0.620. The quantitative estimate of drug-likeness (QED) is 0.700. The lowest BCUT2D eigenvalue weighted by molar-refractivity contribution is -0.141. The van der Waals surface area contributed by atoms with Crippen LogP contribution in [-0.2, 0) is 14.8 Å². The van der Waals surface area contributed by atoms with E-state index in [9.17, 15) is 13.2 Å². The Morgan fingerprint density at radius 1 is 1.28 bits per heavy atom. The monoisotopic (exact) mass is 279 g/mol. The second kappa shape index (κ2) is 7.74. The van der Waals surface area contributed by atoms with Gasteiger partial charge >= 0.3 is 5.97 Å². The number of aliphatic carboxylic acids is 1. The number of sulfonamides is 1. The first kappa shape index (κ1) is 17.4. The number of carboxylic acids is 1. The predicted molar refractivity (Wildman–Crippen MR) is 72.0 cm³/mol. The number of carboxylic acid groups (broad SMARTS) is 1. The van der Waals surface area contributed by atoms with E-state index in [1.165, 1.54) is 11.2 Å². The highest BCUT2D eigenvalue weighted by molar-refractivity contribution is 7.89. The fourth-order valence-electron chi connectivity index (χ4n) is 1.56. The zero-order chi connectivity index (χ0) is 14.3. The highest BCUT2D eigenvalue weighted by Crippen LogP contribution is 2.15. The zero-order valence-corrected chi connectivity index (χ0v) is 12.5. The first-order chi connectivity index (χ1) is 8.26. The SMILES string of the molecule is CCCCS(=O)(=O)N(CC(C)C(=O)O)C(C)CC. The summed E-state index contributed by atoms with van der Waals surface area (Å²) in [5.41, 5.74) is 0. The topological polar surface area (TPSA) is 74.7 Å². The van der Waals surface area contributed by atoms with Crippen molar-refractivity contribution in [2.45, 2.75) is 53.0 Å². The highest BCUT2D eigenvalue weighted by Gasteiger charge is 2.29. The second-order valence-electron chi connectivity index (χ2n) is 4.74. The number of carbonyl (C=O) groups is 1. The third kappa shape index (κ3) is 5.35. The molecule has 0 aliphatic carbocycles. The van der Waals surface area contributed by atoms with Gasteiger partial charge < -0.3 is 5.11 Å². The molecule has 0 heterocycles. The molecule has 0 aliphatic rings. The number of hydrogen-bond donors (Lipinski definition) is 1. The fourth-order valence-corrected chi connectivity index (χ4v) is 3.60. The van der Waals surface area contributed by atoms with Gasteiger partial charge in [-0.05, 0) is 19.8 Å². The average Bonchev–Trinajstić information content (AvgIpc) is 2.31. The summed E-state index contributed by atoms with van der Waals surface area (Å²) in [5, 5.41) is 8.91. The van der Waals surface area contributed by atoms with Gasteiger partial charge in [-0.1, -0.05) is 27.2 Å². The molecule has 108 valence electrons. The Balaban J connectivity index is 4.93. The number of unbranched alkanes of at least 4 members (excludes halogenated alkanes) is 1. The van der Waals surface area contributed by atoms with Crippen molar-refractivity contribution in [3.8, 4) is 0 Å². The predicted octanol–water partition coefficient (Wildman–Crippen LogP) is 1.94. The fraction of sp³-hybridized carbons (Fsp3) is 0.917. The first-order valence-corrected chi connectivity index (χ1v) is 8.09. The Morgan fingerprint density at radius 2 is 1.83 bits per heavy atom. The van der Waals surface area contributed by atoms with Crippen LogP contribution in [0.2, 0.25) is 0 Å². The van der Waals surface area contributed by atoms with Crippen LogP contribution in [0.15, 0.2) is 0 Å². The summed E-state index contributed by atoms with van der Waals surface area (Å²) in [4.78, 5) is 10.9. The molecule has 18 heavy (non-hydrogen) atoms. The maximum Gasteiger partial charge on any atom is 0.307 e. The molecule has 0 aromatic carbocycles. The van der Waals surface area contributed by atoms with Crippen LogP contribution in [0.1, 0.15) is 47.0 Å². The van der Waals surface area contributed by atoms with Crippen molar-refractivity contribution in [2.24, 2.45) is 5.92 Å². The van der Waals surface area contributed by atoms with E-state index in [4.69, 9.17) is 5.11 Å². The van der Waals surface area contributed by atoms with Gasteiger partial charge in [0.25, 0.3) is 0 Å². The van der Waals surface area contributed by atoms with E-state index in [2.05, 4.69) is 0 Å². The smallest absolute Gasteiger partial charge is 0.307 e. The van der Waals surface area contributed by atoms with Gasteiger partial charge in [0.15, 0.2) is 0 Å². The van der Waals surface area contributed by atoms with Gasteiger partial charge in [0, 0.05) is 12.6 Å². The molecule has 0 saturated carbocycles. The molecule has 0 bridgehead atoms. The summed E-state index contributed by atoms with van der Waals surface area (Å²) in [7, 11) is -3.35. The van der Waals surface area contributed by atoms with E-state index >= 15 is 0 Å². The second-order valence-corrected chi connectivity index (χ2v) is 6.78. The third-order valence-corrected chi connectivity index (χ3v) is 5.10. The van der Waals surface area contributed by atoms with E-state index in [1.54, 1.807) is 0 Å².